The fourth-order valence-corrected chi connectivity index (χ4v) is 4.62. The second kappa shape index (κ2) is 10.9. The van der Waals surface area contributed by atoms with Gasteiger partial charge in [-0.05, 0) is 32.6 Å². The number of unbranched alkanes of at least 4 members (excludes halogenated alkanes) is 2. The lowest BCUT2D eigenvalue weighted by Gasteiger charge is -2.31. The molecule has 2 aromatic carbocycles. The molecule has 3 rings (SSSR count). The van der Waals surface area contributed by atoms with Gasteiger partial charge in [-0.15, -0.1) is 0 Å². The van der Waals surface area contributed by atoms with Crippen LogP contribution < -0.4 is 10.6 Å². The van der Waals surface area contributed by atoms with Gasteiger partial charge < -0.3 is 9.80 Å². The van der Waals surface area contributed by atoms with Gasteiger partial charge in [-0.25, -0.2) is 4.99 Å². The van der Waals surface area contributed by atoms with E-state index in [0.717, 1.165) is 25.3 Å². The molecular weight excluding hydrogens is 469 g/mol. The van der Waals surface area contributed by atoms with Crippen molar-refractivity contribution in [1.82, 2.24) is 4.90 Å². The van der Waals surface area contributed by atoms with Crippen molar-refractivity contribution in [2.24, 2.45) is 16.6 Å². The van der Waals surface area contributed by atoms with Crippen LogP contribution in [0.2, 0.25) is 0 Å². The summed E-state index contributed by atoms with van der Waals surface area (Å²) in [7, 11) is 5.09. The third-order valence-electron chi connectivity index (χ3n) is 6.42. The minimum Gasteiger partial charge on any atom is -0.311 e. The summed E-state index contributed by atoms with van der Waals surface area (Å²) in [5, 5.41) is 0. The van der Waals surface area contributed by atoms with Crippen molar-refractivity contribution in [3.05, 3.63) is 65.2 Å². The van der Waals surface area contributed by atoms with Crippen LogP contribution in [0.4, 0.5) is 18.9 Å². The van der Waals surface area contributed by atoms with Crippen LogP contribution in [-0.2, 0) is 15.8 Å². The number of nitrogens with zero attached hydrogens (tertiary/aromatic N) is 3. The summed E-state index contributed by atoms with van der Waals surface area (Å²) in [5.41, 5.74) is 3.50. The van der Waals surface area contributed by atoms with E-state index in [1.165, 1.54) is 30.1 Å². The van der Waals surface area contributed by atoms with E-state index in [1.807, 2.05) is 25.9 Å². The number of carbonyl (C=O) groups is 2. The molecule has 0 aromatic heterocycles. The number of fused-ring (bicyclic) bond motifs is 1. The van der Waals surface area contributed by atoms with Gasteiger partial charge >= 0.3 is 6.18 Å². The molecule has 1 unspecified atom stereocenters. The van der Waals surface area contributed by atoms with Crippen molar-refractivity contribution in [3.8, 4) is 0 Å². The van der Waals surface area contributed by atoms with E-state index in [0.29, 0.717) is 24.2 Å². The van der Waals surface area contributed by atoms with Gasteiger partial charge in [0.05, 0.1) is 17.0 Å². The lowest BCUT2D eigenvalue weighted by atomic mass is 9.87. The molecule has 1 heterocycles. The number of hydrogen-bond acceptors (Lipinski definition) is 5. The summed E-state index contributed by atoms with van der Waals surface area (Å²) in [6, 6.07) is 11.5. The third-order valence-corrected chi connectivity index (χ3v) is 6.42. The lowest BCUT2D eigenvalue weighted by molar-refractivity contribution is -0.138. The molecule has 0 fully saturated rings. The van der Waals surface area contributed by atoms with Gasteiger partial charge in [-0.2, -0.15) is 13.2 Å². The topological polar surface area (TPSA) is 79.0 Å². The highest BCUT2D eigenvalue weighted by molar-refractivity contribution is 6.26. The molecule has 1 aliphatic rings. The van der Waals surface area contributed by atoms with Crippen molar-refractivity contribution in [2.75, 3.05) is 32.6 Å². The van der Waals surface area contributed by atoms with Crippen molar-refractivity contribution in [3.63, 3.8) is 0 Å². The first-order valence-electron chi connectivity index (χ1n) is 12.0. The molecule has 0 aliphatic carbocycles. The number of ketones is 1. The summed E-state index contributed by atoms with van der Waals surface area (Å²) < 4.78 is 42.0. The molecule has 6 nitrogen and oxygen atoms in total. The second-order valence-corrected chi connectivity index (χ2v) is 9.47. The maximum atomic E-state index is 14.0. The van der Waals surface area contributed by atoms with Gasteiger partial charge in [0, 0.05) is 30.6 Å². The summed E-state index contributed by atoms with van der Waals surface area (Å²) in [5.74, 6) is -1.99. The zero-order valence-corrected chi connectivity index (χ0v) is 21.1. The van der Waals surface area contributed by atoms with Crippen LogP contribution in [0.3, 0.4) is 0 Å². The quantitative estimate of drug-likeness (QED) is 0.405. The number of para-hydroxylation sites is 1. The van der Waals surface area contributed by atoms with E-state index in [9.17, 15) is 22.8 Å². The number of alkyl halides is 3. The predicted octanol–water partition coefficient (Wildman–Crippen LogP) is 4.50. The number of carbonyl (C=O) groups excluding carboxylic acids is 2. The van der Waals surface area contributed by atoms with E-state index < -0.39 is 35.0 Å². The van der Waals surface area contributed by atoms with Crippen LogP contribution in [-0.4, -0.2) is 55.7 Å². The SMILES string of the molecule is CCCCC[C@@H](CN(C)C)C(=O)C1(N)N=C(c2ccccc2C(F)(F)F)c2ccccc2N(C)C1=O. The highest BCUT2D eigenvalue weighted by Crippen LogP contribution is 2.37. The summed E-state index contributed by atoms with van der Waals surface area (Å²) in [6.07, 6.45) is -1.57. The Labute approximate surface area is 210 Å². The summed E-state index contributed by atoms with van der Waals surface area (Å²) >= 11 is 0. The number of nitrogens with two attached hydrogens (primary N) is 1. The highest BCUT2D eigenvalue weighted by atomic mass is 19.4. The fraction of sp³-hybridized carbons (Fsp3) is 0.444. The minimum atomic E-state index is -4.68. The van der Waals surface area contributed by atoms with E-state index in [-0.39, 0.29) is 11.3 Å². The summed E-state index contributed by atoms with van der Waals surface area (Å²) in [4.78, 5) is 35.1. The maximum absolute atomic E-state index is 14.0. The molecule has 0 saturated heterocycles. The first-order valence-corrected chi connectivity index (χ1v) is 12.0. The molecule has 0 radical (unpaired) electrons. The Morgan fingerprint density at radius 1 is 1.08 bits per heavy atom. The Hall–Kier alpha value is -3.04. The number of amides is 1. The minimum absolute atomic E-state index is 0.135. The van der Waals surface area contributed by atoms with Crippen molar-refractivity contribution >= 4 is 23.1 Å². The zero-order chi connectivity index (χ0) is 26.7. The average Bonchev–Trinajstić information content (AvgIpc) is 2.92. The second-order valence-electron chi connectivity index (χ2n) is 9.47. The van der Waals surface area contributed by atoms with Crippen LogP contribution in [0, 0.1) is 5.92 Å². The van der Waals surface area contributed by atoms with Crippen molar-refractivity contribution in [1.29, 1.82) is 0 Å². The molecule has 194 valence electrons. The van der Waals surface area contributed by atoms with Gasteiger partial charge in [-0.1, -0.05) is 62.6 Å². The predicted molar refractivity (Wildman–Crippen MR) is 135 cm³/mol. The maximum Gasteiger partial charge on any atom is 0.417 e. The molecule has 0 saturated carbocycles. The molecule has 2 aromatic rings. The van der Waals surface area contributed by atoms with E-state index in [2.05, 4.69) is 4.99 Å². The lowest BCUT2D eigenvalue weighted by Crippen LogP contribution is -2.61. The number of rotatable bonds is 9. The largest absolute Gasteiger partial charge is 0.417 e. The number of Topliss-reactive ketones (excluding diaryl/α,β-unsaturated/α-hetero) is 1. The monoisotopic (exact) mass is 502 g/mol. The van der Waals surface area contributed by atoms with E-state index in [4.69, 9.17) is 5.73 Å². The van der Waals surface area contributed by atoms with Crippen molar-refractivity contribution in [2.45, 2.75) is 44.4 Å². The number of aliphatic imine (C=N–C) groups is 1. The van der Waals surface area contributed by atoms with Crippen LogP contribution in [0.15, 0.2) is 53.5 Å². The Morgan fingerprint density at radius 2 is 1.69 bits per heavy atom. The first kappa shape index (κ1) is 27.5. The van der Waals surface area contributed by atoms with Gasteiger partial charge in [0.25, 0.3) is 5.91 Å². The molecule has 0 bridgehead atoms. The number of anilines is 1. The molecule has 1 amide bonds. The van der Waals surface area contributed by atoms with Crippen LogP contribution in [0.1, 0.15) is 49.3 Å². The molecule has 9 heteroatoms. The van der Waals surface area contributed by atoms with Gasteiger partial charge in [0.2, 0.25) is 5.66 Å². The summed E-state index contributed by atoms with van der Waals surface area (Å²) in [6.45, 7) is 2.39. The van der Waals surface area contributed by atoms with E-state index in [1.54, 1.807) is 24.3 Å². The molecule has 2 N–H and O–H groups in total. The molecule has 0 spiro atoms. The zero-order valence-electron chi connectivity index (χ0n) is 21.1. The Morgan fingerprint density at radius 3 is 2.31 bits per heavy atom. The average molecular weight is 503 g/mol. The van der Waals surface area contributed by atoms with Gasteiger partial charge in [-0.3, -0.25) is 15.3 Å². The third kappa shape index (κ3) is 5.52. The van der Waals surface area contributed by atoms with Gasteiger partial charge in [0.15, 0.2) is 5.78 Å². The smallest absolute Gasteiger partial charge is 0.311 e. The highest BCUT2D eigenvalue weighted by Gasteiger charge is 2.49. The molecular formula is C27H33F3N4O2. The van der Waals surface area contributed by atoms with E-state index >= 15 is 0 Å². The Bertz CT molecular complexity index is 1150. The molecule has 1 aliphatic heterocycles. The van der Waals surface area contributed by atoms with Crippen LogP contribution in [0.5, 0.6) is 0 Å². The Balaban J connectivity index is 2.26. The number of benzene rings is 2. The first-order chi connectivity index (χ1) is 16.9. The number of likely N-dealkylation sites (N-methyl/N-ethyl adjacent to an activating group) is 1. The fourth-order valence-electron chi connectivity index (χ4n) is 4.62. The van der Waals surface area contributed by atoms with Crippen LogP contribution >= 0.6 is 0 Å². The van der Waals surface area contributed by atoms with Crippen LogP contribution in [0.25, 0.3) is 0 Å². The van der Waals surface area contributed by atoms with Gasteiger partial charge in [0.1, 0.15) is 0 Å². The number of halogens is 3. The Kier molecular flexibility index (Phi) is 8.36. The number of benzodiazepines with no additional fused rings is 1. The molecule has 36 heavy (non-hydrogen) atoms. The number of hydrogen-bond donors (Lipinski definition) is 1. The molecule has 2 atom stereocenters. The normalized spacial score (nSPS) is 19.1. The van der Waals surface area contributed by atoms with Crippen molar-refractivity contribution < 1.29 is 22.8 Å². The standard InChI is InChI=1S/C27H33F3N4O2/c1-5-6-7-12-18(17-33(2)3)24(35)26(31)25(36)34(4)22-16-11-9-14-20(22)23(32-26)19-13-8-10-15-21(19)27(28,29)30/h8-11,13-16,18H,5-7,12,17,31H2,1-4H3/t18-,26?/m0/s1.